The molecular formula is C23H32N5O4+. The number of benzene rings is 2. The molecule has 0 aliphatic carbocycles. The lowest BCUT2D eigenvalue weighted by molar-refractivity contribution is -0.900. The monoisotopic (exact) mass is 442 g/mol. The summed E-state index contributed by atoms with van der Waals surface area (Å²) in [6.45, 7) is 7.75. The van der Waals surface area contributed by atoms with Gasteiger partial charge in [-0.25, -0.2) is 0 Å². The number of methoxy groups -OCH3 is 1. The molecule has 2 heterocycles. The van der Waals surface area contributed by atoms with Crippen LogP contribution in [0.1, 0.15) is 0 Å². The van der Waals surface area contributed by atoms with Crippen molar-refractivity contribution in [3.8, 4) is 5.75 Å². The molecule has 0 saturated carbocycles. The Labute approximate surface area is 188 Å². The van der Waals surface area contributed by atoms with Gasteiger partial charge in [0.1, 0.15) is 18.0 Å². The summed E-state index contributed by atoms with van der Waals surface area (Å²) in [4.78, 5) is 19.6. The number of aliphatic hydroxyl groups is 1. The first-order chi connectivity index (χ1) is 15.6. The Balaban J connectivity index is 1.46. The number of nitrogens with zero attached hydrogens (tertiary/aromatic N) is 4. The van der Waals surface area contributed by atoms with Crippen molar-refractivity contribution in [3.63, 3.8) is 0 Å². The number of rotatable bonds is 7. The van der Waals surface area contributed by atoms with Crippen molar-refractivity contribution in [3.05, 3.63) is 52.6 Å². The average Bonchev–Trinajstić information content (AvgIpc) is 2.84. The topological polar surface area (TPSA) is 86.8 Å². The number of hydrogen-bond donors (Lipinski definition) is 2. The Kier molecular flexibility index (Phi) is 6.96. The third kappa shape index (κ3) is 4.89. The lowest BCUT2D eigenvalue weighted by Gasteiger charge is -2.38. The zero-order valence-corrected chi connectivity index (χ0v) is 18.6. The van der Waals surface area contributed by atoms with Crippen LogP contribution in [0.25, 0.3) is 0 Å². The first kappa shape index (κ1) is 22.2. The summed E-state index contributed by atoms with van der Waals surface area (Å²) >= 11 is 0. The molecule has 9 nitrogen and oxygen atoms in total. The molecular weight excluding hydrogens is 410 g/mol. The summed E-state index contributed by atoms with van der Waals surface area (Å²) in [5.41, 5.74) is 3.03. The van der Waals surface area contributed by atoms with Crippen LogP contribution >= 0.6 is 0 Å². The third-order valence-electron chi connectivity index (χ3n) is 6.51. The first-order valence-corrected chi connectivity index (χ1v) is 11.2. The Morgan fingerprint density at radius 3 is 2.12 bits per heavy atom. The number of ether oxygens (including phenoxy) is 1. The quantitative estimate of drug-likeness (QED) is 0.480. The van der Waals surface area contributed by atoms with Crippen molar-refractivity contribution in [1.29, 1.82) is 0 Å². The fourth-order valence-electron chi connectivity index (χ4n) is 4.60. The normalized spacial score (nSPS) is 17.5. The summed E-state index contributed by atoms with van der Waals surface area (Å²) < 4.78 is 5.24. The molecule has 2 aromatic carbocycles. The Hall–Kier alpha value is -3.04. The van der Waals surface area contributed by atoms with Crippen LogP contribution < -0.4 is 24.3 Å². The third-order valence-corrected chi connectivity index (χ3v) is 6.51. The van der Waals surface area contributed by atoms with Gasteiger partial charge in [0.15, 0.2) is 0 Å². The maximum absolute atomic E-state index is 11.7. The number of hydrogen-bond acceptors (Lipinski definition) is 7. The number of aliphatic hydroxyl groups excluding tert-OH is 1. The molecule has 0 unspecified atom stereocenters. The lowest BCUT2D eigenvalue weighted by Crippen LogP contribution is -3.15. The first-order valence-electron chi connectivity index (χ1n) is 11.2. The van der Waals surface area contributed by atoms with Crippen LogP contribution in [0.5, 0.6) is 5.75 Å². The summed E-state index contributed by atoms with van der Waals surface area (Å²) in [6, 6.07) is 13.5. The van der Waals surface area contributed by atoms with E-state index in [1.54, 1.807) is 13.2 Å². The van der Waals surface area contributed by atoms with Gasteiger partial charge in [0.2, 0.25) is 0 Å². The lowest BCUT2D eigenvalue weighted by atomic mass is 10.1. The van der Waals surface area contributed by atoms with Gasteiger partial charge < -0.3 is 29.4 Å². The van der Waals surface area contributed by atoms with E-state index in [0.717, 1.165) is 76.0 Å². The Morgan fingerprint density at radius 2 is 1.53 bits per heavy atom. The van der Waals surface area contributed by atoms with E-state index in [-0.39, 0.29) is 17.2 Å². The maximum atomic E-state index is 11.7. The molecule has 2 aromatic rings. The van der Waals surface area contributed by atoms with Crippen molar-refractivity contribution in [2.75, 3.05) is 87.3 Å². The highest BCUT2D eigenvalue weighted by atomic mass is 16.6. The molecule has 2 aliphatic heterocycles. The van der Waals surface area contributed by atoms with Crippen LogP contribution in [-0.2, 0) is 0 Å². The van der Waals surface area contributed by atoms with Gasteiger partial charge in [0.25, 0.3) is 5.69 Å². The number of nitro groups is 1. The highest BCUT2D eigenvalue weighted by molar-refractivity contribution is 5.71. The molecule has 172 valence electrons. The van der Waals surface area contributed by atoms with E-state index in [1.807, 2.05) is 24.3 Å². The average molecular weight is 443 g/mol. The molecule has 0 atom stereocenters. The SMILES string of the molecule is COc1ccc(N2CCN(c3cc(N4CC[NH+](CCO)CC4)ccc3[N+](=O)[O-])CC2)cc1. The van der Waals surface area contributed by atoms with Gasteiger partial charge in [0, 0.05) is 43.6 Å². The molecule has 32 heavy (non-hydrogen) atoms. The van der Waals surface area contributed by atoms with Crippen molar-refractivity contribution in [2.24, 2.45) is 0 Å². The molecule has 2 fully saturated rings. The molecule has 2 aliphatic rings. The van der Waals surface area contributed by atoms with Gasteiger partial charge in [0.05, 0.1) is 44.8 Å². The molecule has 0 radical (unpaired) electrons. The highest BCUT2D eigenvalue weighted by Crippen LogP contribution is 2.34. The number of piperazine rings is 2. The summed E-state index contributed by atoms with van der Waals surface area (Å²) in [6.07, 6.45) is 0. The summed E-state index contributed by atoms with van der Waals surface area (Å²) in [5, 5.41) is 20.9. The predicted octanol–water partition coefficient (Wildman–Crippen LogP) is 0.627. The summed E-state index contributed by atoms with van der Waals surface area (Å²) in [5.74, 6) is 0.832. The number of nitrogens with one attached hydrogen (secondary N) is 1. The molecule has 2 saturated heterocycles. The van der Waals surface area contributed by atoms with Crippen LogP contribution in [0.4, 0.5) is 22.7 Å². The van der Waals surface area contributed by atoms with Gasteiger partial charge in [-0.05, 0) is 36.4 Å². The second kappa shape index (κ2) is 10.1. The van der Waals surface area contributed by atoms with E-state index >= 15 is 0 Å². The zero-order chi connectivity index (χ0) is 22.5. The fourth-order valence-corrected chi connectivity index (χ4v) is 4.60. The minimum absolute atomic E-state index is 0.163. The second-order valence-corrected chi connectivity index (χ2v) is 8.31. The van der Waals surface area contributed by atoms with Crippen LogP contribution in [0.15, 0.2) is 42.5 Å². The smallest absolute Gasteiger partial charge is 0.292 e. The Bertz CT molecular complexity index is 907. The molecule has 0 amide bonds. The molecule has 0 aromatic heterocycles. The highest BCUT2D eigenvalue weighted by Gasteiger charge is 2.26. The van der Waals surface area contributed by atoms with E-state index in [9.17, 15) is 10.1 Å². The number of anilines is 3. The van der Waals surface area contributed by atoms with E-state index in [2.05, 4.69) is 26.8 Å². The summed E-state index contributed by atoms with van der Waals surface area (Å²) in [7, 11) is 1.66. The van der Waals surface area contributed by atoms with Crippen molar-refractivity contribution in [1.82, 2.24) is 0 Å². The molecule has 2 N–H and O–H groups in total. The van der Waals surface area contributed by atoms with Crippen molar-refractivity contribution >= 4 is 22.7 Å². The minimum atomic E-state index is -0.279. The molecule has 0 spiro atoms. The largest absolute Gasteiger partial charge is 0.497 e. The van der Waals surface area contributed by atoms with E-state index < -0.39 is 0 Å². The van der Waals surface area contributed by atoms with Crippen LogP contribution in [-0.4, -0.2) is 82.6 Å². The van der Waals surface area contributed by atoms with Crippen LogP contribution in [0, 0.1) is 10.1 Å². The van der Waals surface area contributed by atoms with E-state index in [4.69, 9.17) is 9.84 Å². The van der Waals surface area contributed by atoms with Crippen molar-refractivity contribution < 1.29 is 19.7 Å². The van der Waals surface area contributed by atoms with Gasteiger partial charge >= 0.3 is 0 Å². The zero-order valence-electron chi connectivity index (χ0n) is 18.6. The fraction of sp³-hybridized carbons (Fsp3) is 0.478. The number of quaternary nitrogens is 1. The molecule has 0 bridgehead atoms. The van der Waals surface area contributed by atoms with Gasteiger partial charge in [-0.1, -0.05) is 0 Å². The number of nitro benzene ring substituents is 1. The minimum Gasteiger partial charge on any atom is -0.497 e. The molecule has 4 rings (SSSR count). The maximum Gasteiger partial charge on any atom is 0.292 e. The molecule has 9 heteroatoms. The van der Waals surface area contributed by atoms with E-state index in [0.29, 0.717) is 5.69 Å². The predicted molar refractivity (Wildman–Crippen MR) is 125 cm³/mol. The second-order valence-electron chi connectivity index (χ2n) is 8.31. The van der Waals surface area contributed by atoms with Crippen molar-refractivity contribution in [2.45, 2.75) is 0 Å². The van der Waals surface area contributed by atoms with Crippen LogP contribution in [0.2, 0.25) is 0 Å². The standard InChI is InChI=1S/C23H31N5O4/c1-32-21-5-2-19(3-6-21)25-12-14-27(15-13-25)23-18-20(4-7-22(23)28(30)31)26-10-8-24(9-11-26)16-17-29/h2-7,18,29H,8-17H2,1H3/p+1. The van der Waals surface area contributed by atoms with Gasteiger partial charge in [-0.2, -0.15) is 0 Å². The van der Waals surface area contributed by atoms with Gasteiger partial charge in [-0.3, -0.25) is 10.1 Å². The van der Waals surface area contributed by atoms with E-state index in [1.165, 1.54) is 4.90 Å². The van der Waals surface area contributed by atoms with Crippen LogP contribution in [0.3, 0.4) is 0 Å². The Morgan fingerprint density at radius 1 is 0.938 bits per heavy atom. The van der Waals surface area contributed by atoms with Gasteiger partial charge in [-0.15, -0.1) is 0 Å².